The van der Waals surface area contributed by atoms with Gasteiger partial charge >= 0.3 is 12.1 Å². The maximum Gasteiger partial charge on any atom is 0.407 e. The number of rotatable bonds is 13. The standard InChI is InChI=1S/C32H39F2N3O6/c1-5-15-43-31(42)35-26(30(40)41)13-14-37(28(39)20-38)29(32(2,3)4)27-16-22(24-17-23(33)11-12-25(24)34)19-36(27)18-21-9-7-6-8-10-21/h6-12,16-17,19,26,29,38H,5,13-15,18,20H2,1-4H3,(H,35,42)(H,40,41). The highest BCUT2D eigenvalue weighted by Gasteiger charge is 2.38. The number of aliphatic carboxylic acids is 1. The van der Waals surface area contributed by atoms with Gasteiger partial charge in [-0.1, -0.05) is 58.0 Å². The molecule has 11 heteroatoms. The quantitative estimate of drug-likeness (QED) is 0.243. The van der Waals surface area contributed by atoms with Crippen molar-refractivity contribution < 1.29 is 38.1 Å². The van der Waals surface area contributed by atoms with Crippen LogP contribution in [-0.2, 0) is 20.9 Å². The van der Waals surface area contributed by atoms with E-state index >= 15 is 0 Å². The maximum atomic E-state index is 14.9. The molecule has 43 heavy (non-hydrogen) atoms. The lowest BCUT2D eigenvalue weighted by molar-refractivity contribution is -0.143. The van der Waals surface area contributed by atoms with E-state index in [9.17, 15) is 33.4 Å². The zero-order chi connectivity index (χ0) is 31.7. The molecule has 2 unspecified atom stereocenters. The van der Waals surface area contributed by atoms with Crippen LogP contribution in [0.25, 0.3) is 11.1 Å². The van der Waals surface area contributed by atoms with Crippen molar-refractivity contribution in [3.05, 3.63) is 83.7 Å². The molecule has 0 radical (unpaired) electrons. The molecule has 9 nitrogen and oxygen atoms in total. The summed E-state index contributed by atoms with van der Waals surface area (Å²) in [6.07, 6.45) is 1.17. The number of aromatic nitrogens is 1. The second-order valence-electron chi connectivity index (χ2n) is 11.4. The second kappa shape index (κ2) is 14.8. The molecule has 0 spiro atoms. The fourth-order valence-corrected chi connectivity index (χ4v) is 5.00. The molecule has 0 aliphatic heterocycles. The number of hydrogen-bond acceptors (Lipinski definition) is 5. The monoisotopic (exact) mass is 599 g/mol. The summed E-state index contributed by atoms with van der Waals surface area (Å²) in [6, 6.07) is 12.2. The van der Waals surface area contributed by atoms with E-state index in [1.54, 1.807) is 19.2 Å². The van der Waals surface area contributed by atoms with E-state index in [1.165, 1.54) is 4.90 Å². The van der Waals surface area contributed by atoms with E-state index < -0.39 is 53.7 Å². The zero-order valence-electron chi connectivity index (χ0n) is 24.8. The van der Waals surface area contributed by atoms with Crippen molar-refractivity contribution in [2.24, 2.45) is 5.41 Å². The predicted octanol–water partition coefficient (Wildman–Crippen LogP) is 5.37. The number of benzene rings is 2. The Bertz CT molecular complexity index is 1400. The first-order valence-corrected chi connectivity index (χ1v) is 14.1. The third-order valence-electron chi connectivity index (χ3n) is 6.92. The average molecular weight is 600 g/mol. The Kier molecular flexibility index (Phi) is 11.4. The van der Waals surface area contributed by atoms with E-state index in [2.05, 4.69) is 5.32 Å². The van der Waals surface area contributed by atoms with Crippen molar-refractivity contribution >= 4 is 18.0 Å². The minimum atomic E-state index is -1.37. The number of aliphatic hydroxyl groups is 1. The highest BCUT2D eigenvalue weighted by molar-refractivity contribution is 5.80. The smallest absolute Gasteiger partial charge is 0.407 e. The topological polar surface area (TPSA) is 121 Å². The first kappa shape index (κ1) is 33.3. The molecule has 3 aromatic rings. The Morgan fingerprint density at radius 3 is 2.37 bits per heavy atom. The molecule has 2 atom stereocenters. The Hall–Kier alpha value is -4.25. The number of carboxylic acids is 1. The Balaban J connectivity index is 2.09. The average Bonchev–Trinajstić information content (AvgIpc) is 3.36. The van der Waals surface area contributed by atoms with Gasteiger partial charge in [-0.15, -0.1) is 0 Å². The van der Waals surface area contributed by atoms with Crippen LogP contribution in [0.4, 0.5) is 13.6 Å². The van der Waals surface area contributed by atoms with Crippen molar-refractivity contribution in [1.29, 1.82) is 0 Å². The van der Waals surface area contributed by atoms with Crippen molar-refractivity contribution in [1.82, 2.24) is 14.8 Å². The van der Waals surface area contributed by atoms with Gasteiger partial charge in [0.2, 0.25) is 5.91 Å². The molecule has 0 aliphatic carbocycles. The number of alkyl carbamates (subject to hydrolysis) is 1. The summed E-state index contributed by atoms with van der Waals surface area (Å²) >= 11 is 0. The summed E-state index contributed by atoms with van der Waals surface area (Å²) in [4.78, 5) is 38.7. The minimum Gasteiger partial charge on any atom is -0.480 e. The van der Waals surface area contributed by atoms with Crippen LogP contribution in [0.2, 0.25) is 0 Å². The lowest BCUT2D eigenvalue weighted by Gasteiger charge is -2.41. The minimum absolute atomic E-state index is 0.0430. The molecule has 0 fully saturated rings. The first-order chi connectivity index (χ1) is 20.3. The van der Waals surface area contributed by atoms with Gasteiger partial charge < -0.3 is 29.7 Å². The maximum absolute atomic E-state index is 14.9. The van der Waals surface area contributed by atoms with Crippen LogP contribution in [0.3, 0.4) is 0 Å². The van der Waals surface area contributed by atoms with Crippen molar-refractivity contribution in [3.8, 4) is 11.1 Å². The van der Waals surface area contributed by atoms with Gasteiger partial charge in [0, 0.05) is 36.1 Å². The van der Waals surface area contributed by atoms with Gasteiger partial charge in [0.25, 0.3) is 0 Å². The molecule has 232 valence electrons. The summed E-state index contributed by atoms with van der Waals surface area (Å²) in [6.45, 7) is 6.91. The molecule has 0 saturated carbocycles. The number of ether oxygens (including phenoxy) is 1. The van der Waals surface area contributed by atoms with Gasteiger partial charge in [0.15, 0.2) is 0 Å². The predicted molar refractivity (Wildman–Crippen MR) is 157 cm³/mol. The van der Waals surface area contributed by atoms with Crippen LogP contribution in [0, 0.1) is 17.0 Å². The molecule has 1 heterocycles. The molecule has 1 aromatic heterocycles. The Morgan fingerprint density at radius 2 is 1.77 bits per heavy atom. The summed E-state index contributed by atoms with van der Waals surface area (Å²) in [5, 5.41) is 22.0. The van der Waals surface area contributed by atoms with E-state index in [4.69, 9.17) is 4.74 Å². The molecule has 0 aliphatic rings. The van der Waals surface area contributed by atoms with E-state index in [-0.39, 0.29) is 25.1 Å². The Labute approximate surface area is 250 Å². The van der Waals surface area contributed by atoms with Crippen LogP contribution < -0.4 is 5.32 Å². The lowest BCUT2D eigenvalue weighted by atomic mass is 9.82. The van der Waals surface area contributed by atoms with Gasteiger partial charge in [-0.25, -0.2) is 18.4 Å². The van der Waals surface area contributed by atoms with Crippen molar-refractivity contribution in [3.63, 3.8) is 0 Å². The number of aliphatic hydroxyl groups excluding tert-OH is 1. The Morgan fingerprint density at radius 1 is 1.07 bits per heavy atom. The number of carbonyl (C=O) groups is 3. The van der Waals surface area contributed by atoms with E-state index in [1.807, 2.05) is 55.7 Å². The SMILES string of the molecule is CCCOC(=O)NC(CCN(C(=O)CO)C(c1cc(-c2cc(F)ccc2F)cn1Cc1ccccc1)C(C)(C)C)C(=O)O. The van der Waals surface area contributed by atoms with Crippen LogP contribution in [0.1, 0.15) is 57.8 Å². The highest BCUT2D eigenvalue weighted by atomic mass is 19.1. The molecular weight excluding hydrogens is 560 g/mol. The molecule has 3 rings (SSSR count). The normalized spacial score (nSPS) is 12.8. The van der Waals surface area contributed by atoms with Gasteiger partial charge in [-0.2, -0.15) is 0 Å². The molecular formula is C32H39F2N3O6. The number of nitrogens with one attached hydrogen (secondary N) is 1. The first-order valence-electron chi connectivity index (χ1n) is 14.1. The second-order valence-corrected chi connectivity index (χ2v) is 11.4. The van der Waals surface area contributed by atoms with Crippen LogP contribution in [-0.4, -0.2) is 63.5 Å². The zero-order valence-corrected chi connectivity index (χ0v) is 24.8. The third kappa shape index (κ3) is 8.87. The lowest BCUT2D eigenvalue weighted by Crippen LogP contribution is -2.47. The summed E-state index contributed by atoms with van der Waals surface area (Å²) in [5.41, 5.74) is 1.23. The molecule has 3 N–H and O–H groups in total. The summed E-state index contributed by atoms with van der Waals surface area (Å²) in [7, 11) is 0. The number of hydrogen-bond donors (Lipinski definition) is 3. The molecule has 2 amide bonds. The fraction of sp³-hybridized carbons (Fsp3) is 0.406. The molecule has 0 bridgehead atoms. The number of nitrogens with zero attached hydrogens (tertiary/aromatic N) is 2. The van der Waals surface area contributed by atoms with Gasteiger partial charge in [0.1, 0.15) is 24.3 Å². The number of halogens is 2. The van der Waals surface area contributed by atoms with Gasteiger partial charge in [0.05, 0.1) is 12.6 Å². The fourth-order valence-electron chi connectivity index (χ4n) is 5.00. The largest absolute Gasteiger partial charge is 0.480 e. The third-order valence-corrected chi connectivity index (χ3v) is 6.92. The van der Waals surface area contributed by atoms with Crippen LogP contribution in [0.5, 0.6) is 0 Å². The summed E-state index contributed by atoms with van der Waals surface area (Å²) in [5.74, 6) is -3.20. The molecule has 2 aromatic carbocycles. The molecule has 0 saturated heterocycles. The van der Waals surface area contributed by atoms with Crippen LogP contribution >= 0.6 is 0 Å². The van der Waals surface area contributed by atoms with Crippen molar-refractivity contribution in [2.45, 2.75) is 59.2 Å². The van der Waals surface area contributed by atoms with E-state index in [0.29, 0.717) is 24.2 Å². The number of amides is 2. The number of carbonyl (C=O) groups excluding carboxylic acids is 2. The summed E-state index contributed by atoms with van der Waals surface area (Å²) < 4.78 is 35.9. The van der Waals surface area contributed by atoms with Gasteiger partial charge in [-0.3, -0.25) is 4.79 Å². The van der Waals surface area contributed by atoms with Gasteiger partial charge in [-0.05, 0) is 48.1 Å². The van der Waals surface area contributed by atoms with Crippen molar-refractivity contribution in [2.75, 3.05) is 19.8 Å². The highest BCUT2D eigenvalue weighted by Crippen LogP contribution is 2.41. The van der Waals surface area contributed by atoms with E-state index in [0.717, 1.165) is 23.8 Å². The van der Waals surface area contributed by atoms with Crippen LogP contribution in [0.15, 0.2) is 60.8 Å². The number of carboxylic acid groups (broad SMARTS) is 1.